The lowest BCUT2D eigenvalue weighted by Gasteiger charge is -2.23. The van der Waals surface area contributed by atoms with Crippen LogP contribution in [0, 0.1) is 3.57 Å². The molecule has 0 aliphatic carbocycles. The first kappa shape index (κ1) is 20.3. The molecule has 0 saturated carbocycles. The van der Waals surface area contributed by atoms with E-state index in [2.05, 4.69) is 82.3 Å². The van der Waals surface area contributed by atoms with Crippen molar-refractivity contribution in [2.75, 3.05) is 18.4 Å². The van der Waals surface area contributed by atoms with Crippen LogP contribution in [0.25, 0.3) is 5.65 Å². The molecule has 1 fully saturated rings. The lowest BCUT2D eigenvalue weighted by Crippen LogP contribution is -2.37. The van der Waals surface area contributed by atoms with Gasteiger partial charge in [0, 0.05) is 15.7 Å². The molecule has 0 radical (unpaired) electrons. The summed E-state index contributed by atoms with van der Waals surface area (Å²) in [6.07, 6.45) is 4.09. The van der Waals surface area contributed by atoms with Gasteiger partial charge >= 0.3 is 6.01 Å². The van der Waals surface area contributed by atoms with Crippen LogP contribution < -0.4 is 15.4 Å². The van der Waals surface area contributed by atoms with Crippen LogP contribution in [0.2, 0.25) is 0 Å². The summed E-state index contributed by atoms with van der Waals surface area (Å²) in [5, 5.41) is 11.5. The number of rotatable bonds is 6. The Balaban J connectivity index is 1.70. The number of hydrogen-bond donors (Lipinski definition) is 2. The molecule has 2 aromatic heterocycles. The third-order valence-electron chi connectivity index (χ3n) is 5.24. The molecule has 7 nitrogen and oxygen atoms in total. The Labute approximate surface area is 184 Å². The predicted octanol–water partition coefficient (Wildman–Crippen LogP) is 4.16. The van der Waals surface area contributed by atoms with Crippen LogP contribution in [0.15, 0.2) is 30.5 Å². The highest BCUT2D eigenvalue weighted by molar-refractivity contribution is 14.1. The average Bonchev–Trinajstić information content (AvgIpc) is 3.13. The molecular formula is C21H27IN6O. The summed E-state index contributed by atoms with van der Waals surface area (Å²) in [5.74, 6) is 0.958. The zero-order valence-electron chi connectivity index (χ0n) is 17.0. The normalized spacial score (nSPS) is 18.2. The number of hydrogen-bond acceptors (Lipinski definition) is 6. The molecule has 1 aliphatic heterocycles. The van der Waals surface area contributed by atoms with Crippen molar-refractivity contribution in [2.24, 2.45) is 0 Å². The molecule has 8 heteroatoms. The minimum atomic E-state index is 0.0668. The maximum Gasteiger partial charge on any atom is 0.322 e. The molecule has 1 saturated heterocycles. The summed E-state index contributed by atoms with van der Waals surface area (Å²) in [5.41, 5.74) is 3.10. The zero-order valence-corrected chi connectivity index (χ0v) is 19.2. The first-order chi connectivity index (χ1) is 14.0. The van der Waals surface area contributed by atoms with Crippen LogP contribution in [-0.2, 0) is 0 Å². The second-order valence-electron chi connectivity index (χ2n) is 7.79. The van der Waals surface area contributed by atoms with Gasteiger partial charge in [-0.3, -0.25) is 0 Å². The summed E-state index contributed by atoms with van der Waals surface area (Å²) in [4.78, 5) is 9.40. The van der Waals surface area contributed by atoms with E-state index in [1.54, 1.807) is 4.52 Å². The maximum absolute atomic E-state index is 6.15. The van der Waals surface area contributed by atoms with E-state index in [0.717, 1.165) is 37.1 Å². The molecule has 1 aliphatic rings. The van der Waals surface area contributed by atoms with Gasteiger partial charge in [-0.25, -0.2) is 0 Å². The molecule has 29 heavy (non-hydrogen) atoms. The number of halogens is 1. The van der Waals surface area contributed by atoms with Crippen molar-refractivity contribution in [3.05, 3.63) is 45.2 Å². The number of piperidine rings is 1. The Morgan fingerprint density at radius 2 is 2.03 bits per heavy atom. The standard InChI is InChI=1S/C21H27IN6O/c1-13(2)17-12-24-28-19(17)26-21(29-15-7-6-10-23-11-15)27-20(28)25-14(3)16-8-4-5-9-18(16)22/h4-5,8-9,12-15,23H,6-7,10-11H2,1-3H3,(H,25,26,27)/t14-,15?/m0/s1. The van der Waals surface area contributed by atoms with E-state index in [1.165, 1.54) is 9.13 Å². The molecule has 3 heterocycles. The third-order valence-corrected chi connectivity index (χ3v) is 6.22. The van der Waals surface area contributed by atoms with Crippen LogP contribution in [0.3, 0.4) is 0 Å². The Hall–Kier alpha value is -1.94. The maximum atomic E-state index is 6.15. The topological polar surface area (TPSA) is 76.4 Å². The van der Waals surface area contributed by atoms with Crippen molar-refractivity contribution < 1.29 is 4.74 Å². The van der Waals surface area contributed by atoms with Crippen molar-refractivity contribution in [3.63, 3.8) is 0 Å². The largest absolute Gasteiger partial charge is 0.459 e. The molecular weight excluding hydrogens is 479 g/mol. The molecule has 3 aromatic rings. The molecule has 154 valence electrons. The van der Waals surface area contributed by atoms with Gasteiger partial charge in [0.05, 0.1) is 12.2 Å². The van der Waals surface area contributed by atoms with Gasteiger partial charge in [-0.05, 0) is 66.4 Å². The summed E-state index contributed by atoms with van der Waals surface area (Å²) in [6, 6.07) is 8.82. The minimum Gasteiger partial charge on any atom is -0.459 e. The quantitative estimate of drug-likeness (QED) is 0.490. The third kappa shape index (κ3) is 4.48. The van der Waals surface area contributed by atoms with E-state index in [4.69, 9.17) is 9.72 Å². The second kappa shape index (κ2) is 8.83. The average molecular weight is 506 g/mol. The van der Waals surface area contributed by atoms with Gasteiger partial charge < -0.3 is 15.4 Å². The van der Waals surface area contributed by atoms with Gasteiger partial charge in [0.2, 0.25) is 5.95 Å². The van der Waals surface area contributed by atoms with E-state index in [0.29, 0.717) is 17.9 Å². The summed E-state index contributed by atoms with van der Waals surface area (Å²) in [6.45, 7) is 8.29. The van der Waals surface area contributed by atoms with E-state index < -0.39 is 0 Å². The second-order valence-corrected chi connectivity index (χ2v) is 8.96. The number of ether oxygens (including phenoxy) is 1. The Morgan fingerprint density at radius 1 is 1.21 bits per heavy atom. The van der Waals surface area contributed by atoms with Crippen molar-refractivity contribution in [1.29, 1.82) is 0 Å². The van der Waals surface area contributed by atoms with Gasteiger partial charge in [0.15, 0.2) is 5.65 Å². The fraction of sp³-hybridized carbons (Fsp3) is 0.476. The van der Waals surface area contributed by atoms with Gasteiger partial charge in [-0.2, -0.15) is 19.6 Å². The van der Waals surface area contributed by atoms with E-state index in [9.17, 15) is 0 Å². The van der Waals surface area contributed by atoms with Crippen LogP contribution in [0.5, 0.6) is 6.01 Å². The SMILES string of the molecule is CC(C)c1cnn2c(N[C@@H](C)c3ccccc3I)nc(OC3CCCNC3)nc12. The first-order valence-electron chi connectivity index (χ1n) is 10.2. The number of aromatic nitrogens is 4. The van der Waals surface area contributed by atoms with Gasteiger partial charge in [-0.15, -0.1) is 0 Å². The predicted molar refractivity (Wildman–Crippen MR) is 123 cm³/mol. The van der Waals surface area contributed by atoms with Crippen molar-refractivity contribution in [2.45, 2.75) is 51.7 Å². The minimum absolute atomic E-state index is 0.0668. The Kier molecular flexibility index (Phi) is 6.19. The van der Waals surface area contributed by atoms with E-state index >= 15 is 0 Å². The monoisotopic (exact) mass is 506 g/mol. The molecule has 1 aromatic carbocycles. The van der Waals surface area contributed by atoms with Gasteiger partial charge in [0.25, 0.3) is 0 Å². The highest BCUT2D eigenvalue weighted by Crippen LogP contribution is 2.27. The van der Waals surface area contributed by atoms with Crippen molar-refractivity contribution >= 4 is 34.2 Å². The molecule has 4 rings (SSSR count). The molecule has 1 unspecified atom stereocenters. The van der Waals surface area contributed by atoms with Crippen LogP contribution >= 0.6 is 22.6 Å². The summed E-state index contributed by atoms with van der Waals surface area (Å²) >= 11 is 2.37. The van der Waals surface area contributed by atoms with E-state index in [1.807, 2.05) is 12.3 Å². The van der Waals surface area contributed by atoms with Crippen LogP contribution in [0.1, 0.15) is 56.7 Å². The lowest BCUT2D eigenvalue weighted by atomic mass is 10.1. The molecule has 0 bridgehead atoms. The molecule has 0 amide bonds. The molecule has 2 N–H and O–H groups in total. The number of anilines is 1. The van der Waals surface area contributed by atoms with Gasteiger partial charge in [-0.1, -0.05) is 32.0 Å². The number of fused-ring (bicyclic) bond motifs is 1. The Morgan fingerprint density at radius 3 is 2.76 bits per heavy atom. The number of nitrogens with zero attached hydrogens (tertiary/aromatic N) is 4. The Bertz CT molecular complexity index is 982. The van der Waals surface area contributed by atoms with Crippen LogP contribution in [0.4, 0.5) is 5.95 Å². The lowest BCUT2D eigenvalue weighted by molar-refractivity contribution is 0.153. The van der Waals surface area contributed by atoms with E-state index in [-0.39, 0.29) is 12.1 Å². The fourth-order valence-corrected chi connectivity index (χ4v) is 4.45. The fourth-order valence-electron chi connectivity index (χ4n) is 3.60. The van der Waals surface area contributed by atoms with Crippen molar-refractivity contribution in [1.82, 2.24) is 24.9 Å². The first-order valence-corrected chi connectivity index (χ1v) is 11.2. The molecule has 2 atom stereocenters. The highest BCUT2D eigenvalue weighted by Gasteiger charge is 2.21. The smallest absolute Gasteiger partial charge is 0.322 e. The molecule has 0 spiro atoms. The van der Waals surface area contributed by atoms with Gasteiger partial charge in [0.1, 0.15) is 6.10 Å². The van der Waals surface area contributed by atoms with Crippen LogP contribution in [-0.4, -0.2) is 38.8 Å². The number of benzene rings is 1. The summed E-state index contributed by atoms with van der Waals surface area (Å²) in [7, 11) is 0. The highest BCUT2D eigenvalue weighted by atomic mass is 127. The van der Waals surface area contributed by atoms with Crippen molar-refractivity contribution in [3.8, 4) is 6.01 Å². The number of nitrogens with one attached hydrogen (secondary N) is 2. The zero-order chi connectivity index (χ0) is 20.4. The summed E-state index contributed by atoms with van der Waals surface area (Å²) < 4.78 is 9.15.